The van der Waals surface area contributed by atoms with Crippen molar-refractivity contribution in [2.24, 2.45) is 0 Å². The average Bonchev–Trinajstić information content (AvgIpc) is 2.97. The maximum Gasteiger partial charge on any atom is 2.00 e. The molecule has 1 rings (SSSR count). The van der Waals surface area contributed by atoms with Gasteiger partial charge in [0.25, 0.3) is 0 Å². The van der Waals surface area contributed by atoms with E-state index in [4.69, 9.17) is 10.2 Å². The largest absolute Gasteiger partial charge is 2.00 e. The number of hydrogen-bond donors (Lipinski definition) is 3. The number of aliphatic hydroxyl groups excluding tert-OH is 1. The summed E-state index contributed by atoms with van der Waals surface area (Å²) in [5, 5.41) is 57.6. The summed E-state index contributed by atoms with van der Waals surface area (Å²) in [4.78, 5) is 46.4. The Kier molecular flexibility index (Phi) is 14.7. The van der Waals surface area contributed by atoms with Crippen LogP contribution in [-0.4, -0.2) is 55.8 Å². The number of rotatable bonds is 7. The zero-order valence-corrected chi connectivity index (χ0v) is 19.0. The minimum atomic E-state index is -3.46. The summed E-state index contributed by atoms with van der Waals surface area (Å²) in [5.41, 5.74) is -2.82. The van der Waals surface area contributed by atoms with Gasteiger partial charge in [0, 0.05) is 12.4 Å². The van der Waals surface area contributed by atoms with Crippen molar-refractivity contribution in [2.45, 2.75) is 18.1 Å². The molecule has 2 atom stereocenters. The molecule has 0 aliphatic rings. The molecule has 0 aliphatic heterocycles. The summed E-state index contributed by atoms with van der Waals surface area (Å²) >= 11 is 0. The number of hydrogen-bond acceptors (Lipinski definition) is 11. The standard InChI is InChI=1S/C6H6N2O2.C6H8O8.2Zn/c9-6(10)2-1-5-3-7-4-8-5;7-2(8)1-6(14,5(12)13)3(9)4(10)11;;/h1-4H,(H,7,8)(H,9,10);3,9,14H,1H2,(H,7,8)(H,10,11)(H,12,13);;/q;;2*+2/p-4. The Labute approximate surface area is 171 Å². The molecule has 26 heavy (non-hydrogen) atoms. The van der Waals surface area contributed by atoms with Crippen molar-refractivity contribution < 1.29 is 88.8 Å². The van der Waals surface area contributed by atoms with Gasteiger partial charge in [0.1, 0.15) is 11.7 Å². The number of aliphatic hydroxyl groups is 2. The Morgan fingerprint density at radius 3 is 2.04 bits per heavy atom. The number of carbonyl (C=O) groups excluding carboxylic acids is 4. The number of nitrogens with one attached hydrogen (secondary N) is 1. The predicted octanol–water partition coefficient (Wildman–Crippen LogP) is -7.11. The topological polar surface area (TPSA) is 230 Å². The molecule has 0 bridgehead atoms. The molecule has 2 unspecified atom stereocenters. The SMILES string of the molecule is O=C([O-])C=Cc1cnc[nH]1.O=C([O-])CC(O)(C(=O)[O-])C(O)C(=O)[O-].[Zn+2].[Zn+2]. The summed E-state index contributed by atoms with van der Waals surface area (Å²) < 4.78 is 0. The van der Waals surface area contributed by atoms with E-state index in [1.54, 1.807) is 0 Å². The van der Waals surface area contributed by atoms with E-state index in [-0.39, 0.29) is 39.0 Å². The quantitative estimate of drug-likeness (QED) is 0.249. The predicted molar refractivity (Wildman–Crippen MR) is 63.2 cm³/mol. The van der Waals surface area contributed by atoms with Crippen LogP contribution >= 0.6 is 0 Å². The number of carboxylic acid groups (broad SMARTS) is 4. The minimum Gasteiger partial charge on any atom is -0.550 e. The van der Waals surface area contributed by atoms with Crippen molar-refractivity contribution >= 4 is 30.0 Å². The molecule has 0 radical (unpaired) electrons. The summed E-state index contributed by atoms with van der Waals surface area (Å²) in [6.45, 7) is 0. The first-order chi connectivity index (χ1) is 11.0. The van der Waals surface area contributed by atoms with Crippen molar-refractivity contribution in [2.75, 3.05) is 0 Å². The Hall–Kier alpha value is -2.00. The molecule has 0 aromatic carbocycles. The van der Waals surface area contributed by atoms with Gasteiger partial charge in [0.15, 0.2) is 0 Å². The van der Waals surface area contributed by atoms with E-state index < -0.39 is 42.0 Å². The van der Waals surface area contributed by atoms with E-state index in [0.29, 0.717) is 5.69 Å². The summed E-state index contributed by atoms with van der Waals surface area (Å²) in [7, 11) is 0. The molecule has 0 aliphatic carbocycles. The van der Waals surface area contributed by atoms with E-state index >= 15 is 0 Å². The molecule has 0 spiro atoms. The number of aromatic amines is 1. The molecule has 132 valence electrons. The summed E-state index contributed by atoms with van der Waals surface area (Å²) in [6.07, 6.45) is 0.764. The van der Waals surface area contributed by atoms with Crippen molar-refractivity contribution in [3.05, 3.63) is 24.3 Å². The van der Waals surface area contributed by atoms with Gasteiger partial charge in [-0.3, -0.25) is 0 Å². The van der Waals surface area contributed by atoms with E-state index in [1.807, 2.05) is 0 Å². The fraction of sp³-hybridized carbons (Fsp3) is 0.250. The van der Waals surface area contributed by atoms with Crippen molar-refractivity contribution in [3.63, 3.8) is 0 Å². The van der Waals surface area contributed by atoms with Crippen LogP contribution in [-0.2, 0) is 58.1 Å². The van der Waals surface area contributed by atoms with Crippen molar-refractivity contribution in [1.82, 2.24) is 9.97 Å². The Bertz CT molecular complexity index is 634. The van der Waals surface area contributed by atoms with Crippen molar-refractivity contribution in [1.29, 1.82) is 0 Å². The van der Waals surface area contributed by atoms with Gasteiger partial charge in [0.05, 0.1) is 36.1 Å². The molecular formula is C12H10N2O10Zn2. The molecule has 12 nitrogen and oxygen atoms in total. The molecule has 1 aromatic heterocycles. The Morgan fingerprint density at radius 2 is 1.73 bits per heavy atom. The first kappa shape index (κ1) is 28.8. The number of carboxylic acids is 4. The van der Waals surface area contributed by atoms with Gasteiger partial charge in [-0.05, 0) is 12.2 Å². The summed E-state index contributed by atoms with van der Waals surface area (Å²) in [6, 6.07) is 0. The monoisotopic (exact) mass is 470 g/mol. The summed E-state index contributed by atoms with van der Waals surface area (Å²) in [5.74, 6) is -8.05. The first-order valence-electron chi connectivity index (χ1n) is 5.90. The molecular weight excluding hydrogens is 463 g/mol. The molecule has 14 heteroatoms. The Balaban J connectivity index is -0.000000393. The maximum absolute atomic E-state index is 10.2. The van der Waals surface area contributed by atoms with E-state index in [1.165, 1.54) is 18.6 Å². The second kappa shape index (κ2) is 13.2. The van der Waals surface area contributed by atoms with E-state index in [0.717, 1.165) is 6.08 Å². The first-order valence-corrected chi connectivity index (χ1v) is 5.90. The minimum absolute atomic E-state index is 0. The van der Waals surface area contributed by atoms with Gasteiger partial charge in [-0.1, -0.05) is 0 Å². The number of aliphatic carboxylic acids is 4. The Morgan fingerprint density at radius 1 is 1.19 bits per heavy atom. The number of imidazole rings is 1. The third-order valence-electron chi connectivity index (χ3n) is 2.36. The van der Waals surface area contributed by atoms with Gasteiger partial charge in [-0.25, -0.2) is 4.98 Å². The third kappa shape index (κ3) is 10.1. The van der Waals surface area contributed by atoms with Crippen LogP contribution in [0.2, 0.25) is 0 Å². The fourth-order valence-electron chi connectivity index (χ4n) is 1.21. The molecule has 1 heterocycles. The van der Waals surface area contributed by atoms with Gasteiger partial charge in [-0.2, -0.15) is 0 Å². The van der Waals surface area contributed by atoms with Crippen LogP contribution in [0, 0.1) is 0 Å². The normalized spacial score (nSPS) is 13.0. The molecule has 0 fully saturated rings. The van der Waals surface area contributed by atoms with Gasteiger partial charge in [-0.15, -0.1) is 0 Å². The molecule has 0 saturated carbocycles. The fourth-order valence-corrected chi connectivity index (χ4v) is 1.21. The van der Waals surface area contributed by atoms with Crippen LogP contribution in [0.1, 0.15) is 12.1 Å². The van der Waals surface area contributed by atoms with Crippen LogP contribution in [0.15, 0.2) is 18.6 Å². The van der Waals surface area contributed by atoms with E-state index in [9.17, 15) is 39.6 Å². The molecule has 0 amide bonds. The number of nitrogens with zero attached hydrogens (tertiary/aromatic N) is 1. The van der Waals surface area contributed by atoms with Crippen LogP contribution in [0.25, 0.3) is 6.08 Å². The van der Waals surface area contributed by atoms with Crippen LogP contribution in [0.3, 0.4) is 0 Å². The number of carbonyl (C=O) groups is 4. The maximum atomic E-state index is 10.2. The second-order valence-corrected chi connectivity index (χ2v) is 4.14. The number of aromatic nitrogens is 2. The number of H-pyrrole nitrogens is 1. The van der Waals surface area contributed by atoms with Crippen LogP contribution < -0.4 is 20.4 Å². The molecule has 1 aromatic rings. The van der Waals surface area contributed by atoms with Gasteiger partial charge < -0.3 is 54.8 Å². The second-order valence-electron chi connectivity index (χ2n) is 4.14. The zero-order chi connectivity index (χ0) is 18.9. The molecule has 0 saturated heterocycles. The van der Waals surface area contributed by atoms with Crippen LogP contribution in [0.4, 0.5) is 0 Å². The zero-order valence-electron chi connectivity index (χ0n) is 13.1. The third-order valence-corrected chi connectivity index (χ3v) is 2.36. The molecule has 3 N–H and O–H groups in total. The van der Waals surface area contributed by atoms with Crippen molar-refractivity contribution in [3.8, 4) is 0 Å². The van der Waals surface area contributed by atoms with Gasteiger partial charge in [0.2, 0.25) is 0 Å². The van der Waals surface area contributed by atoms with Crippen LogP contribution in [0.5, 0.6) is 0 Å². The average molecular weight is 473 g/mol. The van der Waals surface area contributed by atoms with E-state index in [2.05, 4.69) is 9.97 Å². The smallest absolute Gasteiger partial charge is 0.550 e. The van der Waals surface area contributed by atoms with Gasteiger partial charge >= 0.3 is 39.0 Å².